The molecular formula is C14H22N2. The van der Waals surface area contributed by atoms with Crippen molar-refractivity contribution < 1.29 is 0 Å². The van der Waals surface area contributed by atoms with Gasteiger partial charge in [-0.25, -0.2) is 0 Å². The number of piperazine rings is 1. The van der Waals surface area contributed by atoms with Gasteiger partial charge in [0.1, 0.15) is 0 Å². The molecule has 16 heavy (non-hydrogen) atoms. The van der Waals surface area contributed by atoms with Gasteiger partial charge in [-0.1, -0.05) is 44.2 Å². The van der Waals surface area contributed by atoms with Gasteiger partial charge in [0.05, 0.1) is 0 Å². The van der Waals surface area contributed by atoms with Crippen molar-refractivity contribution in [1.29, 1.82) is 0 Å². The maximum atomic E-state index is 3.66. The molecule has 1 N–H and O–H groups in total. The van der Waals surface area contributed by atoms with Crippen LogP contribution in [0.2, 0.25) is 0 Å². The number of hydrogen-bond acceptors (Lipinski definition) is 2. The third-order valence-electron chi connectivity index (χ3n) is 3.58. The van der Waals surface area contributed by atoms with Crippen molar-refractivity contribution in [3.63, 3.8) is 0 Å². The number of likely N-dealkylation sites (N-methyl/N-ethyl adjacent to an activating group) is 1. The highest BCUT2D eigenvalue weighted by Gasteiger charge is 2.27. The summed E-state index contributed by atoms with van der Waals surface area (Å²) in [4.78, 5) is 2.48. The average Bonchev–Trinajstić information content (AvgIpc) is 2.29. The highest BCUT2D eigenvalue weighted by molar-refractivity contribution is 5.20. The first-order valence-electron chi connectivity index (χ1n) is 6.17. The van der Waals surface area contributed by atoms with Crippen molar-refractivity contribution in [2.24, 2.45) is 5.92 Å². The topological polar surface area (TPSA) is 15.3 Å². The molecule has 2 atom stereocenters. The summed E-state index contributed by atoms with van der Waals surface area (Å²) in [5.41, 5.74) is 1.40. The Hall–Kier alpha value is -0.860. The fraction of sp³-hybridized carbons (Fsp3) is 0.571. The zero-order chi connectivity index (χ0) is 11.5. The molecule has 1 unspecified atom stereocenters. The zero-order valence-electron chi connectivity index (χ0n) is 10.5. The highest BCUT2D eigenvalue weighted by atomic mass is 15.2. The van der Waals surface area contributed by atoms with Crippen molar-refractivity contribution in [1.82, 2.24) is 10.2 Å². The van der Waals surface area contributed by atoms with Crippen LogP contribution in [-0.4, -0.2) is 31.1 Å². The Morgan fingerprint density at radius 1 is 1.25 bits per heavy atom. The lowest BCUT2D eigenvalue weighted by atomic mass is 9.96. The second-order valence-corrected chi connectivity index (χ2v) is 5.12. The first kappa shape index (κ1) is 11.6. The van der Waals surface area contributed by atoms with Crippen molar-refractivity contribution in [3.8, 4) is 0 Å². The lowest BCUT2D eigenvalue weighted by Crippen LogP contribution is -2.52. The van der Waals surface area contributed by atoms with E-state index < -0.39 is 0 Å². The van der Waals surface area contributed by atoms with Gasteiger partial charge in [0.25, 0.3) is 0 Å². The van der Waals surface area contributed by atoms with E-state index in [0.717, 1.165) is 13.1 Å². The molecular weight excluding hydrogens is 196 g/mol. The van der Waals surface area contributed by atoms with Crippen molar-refractivity contribution in [3.05, 3.63) is 35.9 Å². The molecule has 2 rings (SSSR count). The van der Waals surface area contributed by atoms with Crippen LogP contribution in [0.25, 0.3) is 0 Å². The predicted octanol–water partition coefficient (Wildman–Crippen LogP) is 2.29. The Kier molecular flexibility index (Phi) is 3.62. The largest absolute Gasteiger partial charge is 0.307 e. The second kappa shape index (κ2) is 4.98. The molecule has 0 aromatic heterocycles. The van der Waals surface area contributed by atoms with Gasteiger partial charge in [-0.05, 0) is 18.5 Å². The molecule has 1 fully saturated rings. The van der Waals surface area contributed by atoms with Crippen LogP contribution in [0.15, 0.2) is 30.3 Å². The van der Waals surface area contributed by atoms with Crippen LogP contribution in [0.3, 0.4) is 0 Å². The predicted molar refractivity (Wildman–Crippen MR) is 68.4 cm³/mol. The second-order valence-electron chi connectivity index (χ2n) is 5.12. The normalized spacial score (nSPS) is 27.2. The standard InChI is InChI=1S/C14H22N2/c1-11(2)14-9-15-13(10-16(14)3)12-7-5-4-6-8-12/h4-8,11,13-15H,9-10H2,1-3H3/t13?,14-/m1/s1. The van der Waals surface area contributed by atoms with E-state index in [-0.39, 0.29) is 0 Å². The van der Waals surface area contributed by atoms with Gasteiger partial charge in [-0.3, -0.25) is 0 Å². The summed E-state index contributed by atoms with van der Waals surface area (Å²) >= 11 is 0. The molecule has 0 amide bonds. The summed E-state index contributed by atoms with van der Waals surface area (Å²) in [7, 11) is 2.24. The molecule has 1 aliphatic rings. The first-order chi connectivity index (χ1) is 7.68. The van der Waals surface area contributed by atoms with Gasteiger partial charge >= 0.3 is 0 Å². The molecule has 0 bridgehead atoms. The van der Waals surface area contributed by atoms with E-state index in [1.807, 2.05) is 0 Å². The minimum atomic E-state index is 0.487. The van der Waals surface area contributed by atoms with Crippen LogP contribution in [0, 0.1) is 5.92 Å². The average molecular weight is 218 g/mol. The van der Waals surface area contributed by atoms with Crippen molar-refractivity contribution in [2.75, 3.05) is 20.1 Å². The summed E-state index contributed by atoms with van der Waals surface area (Å²) in [6, 6.07) is 11.9. The highest BCUT2D eigenvalue weighted by Crippen LogP contribution is 2.21. The lowest BCUT2D eigenvalue weighted by molar-refractivity contribution is 0.128. The quantitative estimate of drug-likeness (QED) is 0.819. The number of benzene rings is 1. The molecule has 2 nitrogen and oxygen atoms in total. The van der Waals surface area contributed by atoms with Crippen LogP contribution in [0.5, 0.6) is 0 Å². The molecule has 0 aliphatic carbocycles. The Balaban J connectivity index is 2.03. The Labute approximate surface area is 98.7 Å². The van der Waals surface area contributed by atoms with Gasteiger partial charge in [0.15, 0.2) is 0 Å². The molecule has 1 aromatic carbocycles. The molecule has 1 aliphatic heterocycles. The van der Waals surface area contributed by atoms with E-state index in [1.165, 1.54) is 5.56 Å². The van der Waals surface area contributed by atoms with E-state index in [4.69, 9.17) is 0 Å². The summed E-state index contributed by atoms with van der Waals surface area (Å²) in [5.74, 6) is 0.717. The third kappa shape index (κ3) is 2.45. The molecule has 88 valence electrons. The minimum absolute atomic E-state index is 0.487. The Morgan fingerprint density at radius 2 is 1.94 bits per heavy atom. The van der Waals surface area contributed by atoms with E-state index in [1.54, 1.807) is 0 Å². The van der Waals surface area contributed by atoms with E-state index in [2.05, 4.69) is 61.4 Å². The van der Waals surface area contributed by atoms with Gasteiger partial charge in [0.2, 0.25) is 0 Å². The summed E-state index contributed by atoms with van der Waals surface area (Å²) in [5, 5.41) is 3.66. The van der Waals surface area contributed by atoms with Crippen molar-refractivity contribution >= 4 is 0 Å². The molecule has 0 radical (unpaired) electrons. The van der Waals surface area contributed by atoms with Crippen LogP contribution in [0.4, 0.5) is 0 Å². The summed E-state index contributed by atoms with van der Waals surface area (Å²) in [6.07, 6.45) is 0. The number of hydrogen-bond donors (Lipinski definition) is 1. The van der Waals surface area contributed by atoms with Gasteiger partial charge < -0.3 is 10.2 Å². The van der Waals surface area contributed by atoms with Gasteiger partial charge in [-0.2, -0.15) is 0 Å². The van der Waals surface area contributed by atoms with E-state index in [0.29, 0.717) is 18.0 Å². The maximum absolute atomic E-state index is 3.66. The SMILES string of the molecule is CC(C)[C@H]1CNC(c2ccccc2)CN1C. The number of nitrogens with one attached hydrogen (secondary N) is 1. The third-order valence-corrected chi connectivity index (χ3v) is 3.58. The minimum Gasteiger partial charge on any atom is -0.307 e. The summed E-state index contributed by atoms with van der Waals surface area (Å²) < 4.78 is 0. The summed E-state index contributed by atoms with van der Waals surface area (Å²) in [6.45, 7) is 6.79. The first-order valence-corrected chi connectivity index (χ1v) is 6.17. The monoisotopic (exact) mass is 218 g/mol. The van der Waals surface area contributed by atoms with Gasteiger partial charge in [-0.15, -0.1) is 0 Å². The van der Waals surface area contributed by atoms with Crippen molar-refractivity contribution in [2.45, 2.75) is 25.9 Å². The van der Waals surface area contributed by atoms with Crippen LogP contribution in [-0.2, 0) is 0 Å². The van der Waals surface area contributed by atoms with Crippen LogP contribution < -0.4 is 5.32 Å². The number of nitrogens with zero attached hydrogens (tertiary/aromatic N) is 1. The zero-order valence-corrected chi connectivity index (χ0v) is 10.5. The van der Waals surface area contributed by atoms with Crippen LogP contribution in [0.1, 0.15) is 25.5 Å². The Morgan fingerprint density at radius 3 is 2.50 bits per heavy atom. The fourth-order valence-corrected chi connectivity index (χ4v) is 2.56. The van der Waals surface area contributed by atoms with Crippen LogP contribution >= 0.6 is 0 Å². The maximum Gasteiger partial charge on any atom is 0.0449 e. The van der Waals surface area contributed by atoms with Gasteiger partial charge in [0, 0.05) is 25.2 Å². The number of rotatable bonds is 2. The molecule has 1 aromatic rings. The molecule has 1 saturated heterocycles. The molecule has 0 saturated carbocycles. The molecule has 2 heteroatoms. The van der Waals surface area contributed by atoms with E-state index >= 15 is 0 Å². The Bertz CT molecular complexity index is 321. The van der Waals surface area contributed by atoms with E-state index in [9.17, 15) is 0 Å². The molecule has 1 heterocycles. The lowest BCUT2D eigenvalue weighted by Gasteiger charge is -2.40. The fourth-order valence-electron chi connectivity index (χ4n) is 2.56. The smallest absolute Gasteiger partial charge is 0.0449 e. The molecule has 0 spiro atoms.